The molecule has 0 radical (unpaired) electrons. The molecular weight excluding hydrogens is 382 g/mol. The van der Waals surface area contributed by atoms with Crippen molar-refractivity contribution in [2.24, 2.45) is 0 Å². The third-order valence-corrected chi connectivity index (χ3v) is 5.78. The lowest BCUT2D eigenvalue weighted by atomic mass is 9.96. The second kappa shape index (κ2) is 6.05. The molecule has 25 heavy (non-hydrogen) atoms. The number of anilines is 1. The molecule has 0 atom stereocenters. The van der Waals surface area contributed by atoms with Crippen molar-refractivity contribution in [3.05, 3.63) is 40.7 Å². The molecule has 2 aromatic heterocycles. The molecule has 0 N–H and O–H groups in total. The van der Waals surface area contributed by atoms with Crippen LogP contribution in [0, 0.1) is 0 Å². The zero-order valence-electron chi connectivity index (χ0n) is 13.7. The molecule has 5 rings (SSSR count). The summed E-state index contributed by atoms with van der Waals surface area (Å²) in [6.07, 6.45) is 6.06. The van der Waals surface area contributed by atoms with Gasteiger partial charge in [-0.25, -0.2) is 9.97 Å². The molecule has 3 heterocycles. The van der Waals surface area contributed by atoms with Crippen molar-refractivity contribution in [3.63, 3.8) is 0 Å². The molecule has 1 aromatic carbocycles. The van der Waals surface area contributed by atoms with Crippen LogP contribution in [-0.2, 0) is 0 Å². The van der Waals surface area contributed by atoms with Crippen LogP contribution in [0.15, 0.2) is 33.5 Å². The third-order valence-electron chi connectivity index (χ3n) is 5.14. The van der Waals surface area contributed by atoms with E-state index in [4.69, 9.17) is 4.52 Å². The normalized spacial score (nSPS) is 18.8. The molecule has 0 spiro atoms. The Hall–Kier alpha value is -2.02. The van der Waals surface area contributed by atoms with Gasteiger partial charge in [-0.05, 0) is 53.7 Å². The highest BCUT2D eigenvalue weighted by molar-refractivity contribution is 9.10. The molecule has 1 saturated carbocycles. The van der Waals surface area contributed by atoms with Crippen LogP contribution < -0.4 is 4.90 Å². The average molecular weight is 400 g/mol. The Kier molecular flexibility index (Phi) is 3.69. The molecule has 1 aliphatic carbocycles. The first-order valence-corrected chi connectivity index (χ1v) is 9.56. The van der Waals surface area contributed by atoms with Crippen molar-refractivity contribution in [1.29, 1.82) is 0 Å². The average Bonchev–Trinajstić information content (AvgIpc) is 3.39. The Labute approximate surface area is 153 Å². The van der Waals surface area contributed by atoms with Crippen molar-refractivity contribution >= 4 is 32.7 Å². The summed E-state index contributed by atoms with van der Waals surface area (Å²) in [7, 11) is 0. The molecule has 2 fully saturated rings. The van der Waals surface area contributed by atoms with Crippen LogP contribution in [0.2, 0.25) is 0 Å². The van der Waals surface area contributed by atoms with Crippen LogP contribution in [0.4, 0.5) is 5.82 Å². The molecular formula is C18H18BrN5O. The maximum Gasteiger partial charge on any atom is 0.229 e. The van der Waals surface area contributed by atoms with Crippen molar-refractivity contribution in [2.75, 3.05) is 18.0 Å². The monoisotopic (exact) mass is 399 g/mol. The van der Waals surface area contributed by atoms with Gasteiger partial charge in [0.25, 0.3) is 0 Å². The number of aromatic nitrogens is 4. The molecule has 3 aromatic rings. The summed E-state index contributed by atoms with van der Waals surface area (Å²) in [5.74, 6) is 3.64. The molecule has 0 unspecified atom stereocenters. The van der Waals surface area contributed by atoms with Crippen molar-refractivity contribution in [1.82, 2.24) is 20.1 Å². The first-order valence-electron chi connectivity index (χ1n) is 8.77. The Morgan fingerprint density at radius 3 is 2.68 bits per heavy atom. The molecule has 7 heteroatoms. The predicted molar refractivity (Wildman–Crippen MR) is 97.7 cm³/mol. The van der Waals surface area contributed by atoms with E-state index in [0.29, 0.717) is 11.8 Å². The van der Waals surface area contributed by atoms with Gasteiger partial charge in [-0.1, -0.05) is 11.2 Å². The number of hydrogen-bond donors (Lipinski definition) is 0. The molecule has 2 aliphatic rings. The van der Waals surface area contributed by atoms with Gasteiger partial charge in [0.1, 0.15) is 12.1 Å². The van der Waals surface area contributed by atoms with Gasteiger partial charge in [-0.3, -0.25) is 0 Å². The Morgan fingerprint density at radius 2 is 1.88 bits per heavy atom. The van der Waals surface area contributed by atoms with Crippen molar-refractivity contribution < 1.29 is 4.52 Å². The second-order valence-corrected chi connectivity index (χ2v) is 7.71. The highest BCUT2D eigenvalue weighted by Crippen LogP contribution is 2.40. The second-order valence-electron chi connectivity index (χ2n) is 6.86. The SMILES string of the molecule is Brc1cccc2c(N3CCC(c4noc(C5CC5)n4)CC3)ncnc12. The third kappa shape index (κ3) is 2.80. The highest BCUT2D eigenvalue weighted by Gasteiger charge is 2.32. The Balaban J connectivity index is 1.35. The summed E-state index contributed by atoms with van der Waals surface area (Å²) in [4.78, 5) is 15.9. The Bertz CT molecular complexity index is 915. The van der Waals surface area contributed by atoms with Crippen molar-refractivity contribution in [2.45, 2.75) is 37.5 Å². The number of fused-ring (bicyclic) bond motifs is 1. The van der Waals surface area contributed by atoms with Gasteiger partial charge in [0.05, 0.1) is 5.52 Å². The molecule has 128 valence electrons. The minimum absolute atomic E-state index is 0.382. The number of hydrogen-bond acceptors (Lipinski definition) is 6. The van der Waals surface area contributed by atoms with Gasteiger partial charge in [0.15, 0.2) is 5.82 Å². The van der Waals surface area contributed by atoms with E-state index in [1.54, 1.807) is 6.33 Å². The minimum atomic E-state index is 0.382. The fraction of sp³-hybridized carbons (Fsp3) is 0.444. The summed E-state index contributed by atoms with van der Waals surface area (Å²) in [6.45, 7) is 1.88. The number of halogens is 1. The van der Waals surface area contributed by atoms with Gasteiger partial charge in [-0.15, -0.1) is 0 Å². The lowest BCUT2D eigenvalue weighted by Gasteiger charge is -2.32. The van der Waals surface area contributed by atoms with E-state index in [2.05, 4.69) is 47.0 Å². The quantitative estimate of drug-likeness (QED) is 0.661. The van der Waals surface area contributed by atoms with Gasteiger partial charge < -0.3 is 9.42 Å². The maximum absolute atomic E-state index is 5.42. The summed E-state index contributed by atoms with van der Waals surface area (Å²) in [5.41, 5.74) is 0.960. The first kappa shape index (κ1) is 15.3. The zero-order valence-corrected chi connectivity index (χ0v) is 15.3. The smallest absolute Gasteiger partial charge is 0.229 e. The first-order chi connectivity index (χ1) is 12.3. The number of piperidine rings is 1. The van der Waals surface area contributed by atoms with Crippen LogP contribution in [0.25, 0.3) is 10.9 Å². The number of rotatable bonds is 3. The minimum Gasteiger partial charge on any atom is -0.356 e. The predicted octanol–water partition coefficient (Wildman–Crippen LogP) is 4.04. The topological polar surface area (TPSA) is 67.9 Å². The Morgan fingerprint density at radius 1 is 1.04 bits per heavy atom. The summed E-state index contributed by atoms with van der Waals surface area (Å²) in [6, 6.07) is 6.13. The summed E-state index contributed by atoms with van der Waals surface area (Å²) in [5, 5.41) is 5.31. The number of para-hydroxylation sites is 1. The van der Waals surface area contributed by atoms with Crippen LogP contribution in [-0.4, -0.2) is 33.2 Å². The van der Waals surface area contributed by atoms with E-state index >= 15 is 0 Å². The van der Waals surface area contributed by atoms with Crippen LogP contribution in [0.1, 0.15) is 49.2 Å². The summed E-state index contributed by atoms with van der Waals surface area (Å²) < 4.78 is 6.43. The van der Waals surface area contributed by atoms with Gasteiger partial charge in [0, 0.05) is 34.8 Å². The van der Waals surface area contributed by atoms with E-state index in [1.165, 1.54) is 12.8 Å². The van der Waals surface area contributed by atoms with E-state index in [0.717, 1.165) is 58.8 Å². The molecule has 0 amide bonds. The highest BCUT2D eigenvalue weighted by atomic mass is 79.9. The number of benzene rings is 1. The molecule has 0 bridgehead atoms. The standard InChI is InChI=1S/C18H18BrN5O/c19-14-3-1-2-13-15(14)20-10-21-17(13)24-8-6-11(7-9-24)16-22-18(25-23-16)12-4-5-12/h1-3,10-12H,4-9H2. The van der Waals surface area contributed by atoms with Crippen LogP contribution in [0.5, 0.6) is 0 Å². The van der Waals surface area contributed by atoms with Gasteiger partial charge in [0.2, 0.25) is 5.89 Å². The lowest BCUT2D eigenvalue weighted by molar-refractivity contribution is 0.365. The molecule has 1 saturated heterocycles. The van der Waals surface area contributed by atoms with E-state index in [9.17, 15) is 0 Å². The number of nitrogens with zero attached hydrogens (tertiary/aromatic N) is 5. The largest absolute Gasteiger partial charge is 0.356 e. The van der Waals surface area contributed by atoms with Gasteiger partial charge in [-0.2, -0.15) is 4.98 Å². The lowest BCUT2D eigenvalue weighted by Crippen LogP contribution is -2.34. The molecule has 6 nitrogen and oxygen atoms in total. The fourth-order valence-corrected chi connectivity index (χ4v) is 4.02. The zero-order chi connectivity index (χ0) is 16.8. The van der Waals surface area contributed by atoms with Crippen molar-refractivity contribution in [3.8, 4) is 0 Å². The molecule has 1 aliphatic heterocycles. The van der Waals surface area contributed by atoms with E-state index < -0.39 is 0 Å². The van der Waals surface area contributed by atoms with Gasteiger partial charge >= 0.3 is 0 Å². The fourth-order valence-electron chi connectivity index (χ4n) is 3.55. The summed E-state index contributed by atoms with van der Waals surface area (Å²) >= 11 is 3.58. The van der Waals surface area contributed by atoms with Crippen LogP contribution in [0.3, 0.4) is 0 Å². The van der Waals surface area contributed by atoms with E-state index in [-0.39, 0.29) is 0 Å². The van der Waals surface area contributed by atoms with E-state index in [1.807, 2.05) is 12.1 Å². The van der Waals surface area contributed by atoms with Crippen LogP contribution >= 0.6 is 15.9 Å². The maximum atomic E-state index is 5.42.